The largest absolute Gasteiger partial charge is 0.323 e. The highest BCUT2D eigenvalue weighted by atomic mass is 32.2. The molecule has 0 aliphatic heterocycles. The Kier molecular flexibility index (Phi) is 5.80. The first kappa shape index (κ1) is 19.0. The van der Waals surface area contributed by atoms with Gasteiger partial charge in [0, 0.05) is 12.1 Å². The van der Waals surface area contributed by atoms with Crippen molar-refractivity contribution in [1.29, 1.82) is 0 Å². The Balaban J connectivity index is 1.69. The van der Waals surface area contributed by atoms with Gasteiger partial charge in [-0.15, -0.1) is 10.2 Å². The van der Waals surface area contributed by atoms with Gasteiger partial charge in [-0.25, -0.2) is 13.2 Å². The molecule has 1 heterocycles. The van der Waals surface area contributed by atoms with Crippen molar-refractivity contribution >= 4 is 23.4 Å². The zero-order chi connectivity index (χ0) is 19.4. The molecule has 0 atom stereocenters. The minimum atomic E-state index is -1.63. The van der Waals surface area contributed by atoms with Crippen LogP contribution >= 0.6 is 11.8 Å². The molecule has 2 aromatic carbocycles. The Morgan fingerprint density at radius 1 is 1.07 bits per heavy atom. The standard InChI is InChI=1S/C18H15F3N4OS/c1-2-25-17(11-6-4-3-5-7-11)23-24-18(25)27-10-14(26)22-13-9-8-12(19)15(20)16(13)21/h3-9H,2,10H2,1H3,(H,22,26). The predicted molar refractivity (Wildman–Crippen MR) is 96.8 cm³/mol. The van der Waals surface area contributed by atoms with Gasteiger partial charge in [0.1, 0.15) is 0 Å². The number of halogens is 3. The average Bonchev–Trinajstić information content (AvgIpc) is 3.10. The molecule has 140 valence electrons. The second kappa shape index (κ2) is 8.26. The van der Waals surface area contributed by atoms with Crippen LogP contribution in [0, 0.1) is 17.5 Å². The number of carbonyl (C=O) groups is 1. The van der Waals surface area contributed by atoms with Crippen molar-refractivity contribution < 1.29 is 18.0 Å². The zero-order valence-corrected chi connectivity index (χ0v) is 15.1. The first-order valence-corrected chi connectivity index (χ1v) is 9.04. The van der Waals surface area contributed by atoms with Crippen LogP contribution in [0.5, 0.6) is 0 Å². The second-order valence-corrected chi connectivity index (χ2v) is 6.42. The number of nitrogens with zero attached hydrogens (tertiary/aromatic N) is 3. The van der Waals surface area contributed by atoms with E-state index in [0.717, 1.165) is 29.5 Å². The van der Waals surface area contributed by atoms with Gasteiger partial charge in [0.05, 0.1) is 11.4 Å². The molecule has 0 aliphatic carbocycles. The van der Waals surface area contributed by atoms with Crippen LogP contribution in [0.4, 0.5) is 18.9 Å². The second-order valence-electron chi connectivity index (χ2n) is 5.48. The number of hydrogen-bond acceptors (Lipinski definition) is 4. The summed E-state index contributed by atoms with van der Waals surface area (Å²) in [4.78, 5) is 12.0. The third-order valence-electron chi connectivity index (χ3n) is 3.71. The molecule has 0 saturated heterocycles. The smallest absolute Gasteiger partial charge is 0.234 e. The highest BCUT2D eigenvalue weighted by Crippen LogP contribution is 2.24. The highest BCUT2D eigenvalue weighted by Gasteiger charge is 2.17. The number of aromatic nitrogens is 3. The number of carbonyl (C=O) groups excluding carboxylic acids is 1. The molecule has 1 amide bonds. The lowest BCUT2D eigenvalue weighted by atomic mass is 10.2. The van der Waals surface area contributed by atoms with Crippen LogP contribution in [0.1, 0.15) is 6.92 Å². The van der Waals surface area contributed by atoms with Crippen LogP contribution in [-0.4, -0.2) is 26.4 Å². The third kappa shape index (κ3) is 4.13. The molecule has 1 N–H and O–H groups in total. The van der Waals surface area contributed by atoms with E-state index in [-0.39, 0.29) is 5.75 Å². The Hall–Kier alpha value is -2.81. The molecule has 9 heteroatoms. The summed E-state index contributed by atoms with van der Waals surface area (Å²) < 4.78 is 41.7. The Bertz CT molecular complexity index is 963. The van der Waals surface area contributed by atoms with E-state index in [2.05, 4.69) is 15.5 Å². The number of rotatable bonds is 6. The first-order valence-electron chi connectivity index (χ1n) is 8.06. The van der Waals surface area contributed by atoms with Crippen LogP contribution in [0.25, 0.3) is 11.4 Å². The van der Waals surface area contributed by atoms with Crippen LogP contribution in [0.15, 0.2) is 47.6 Å². The Morgan fingerprint density at radius 2 is 1.81 bits per heavy atom. The Labute approximate surface area is 157 Å². The van der Waals surface area contributed by atoms with Crippen molar-refractivity contribution in [2.45, 2.75) is 18.6 Å². The maximum absolute atomic E-state index is 13.6. The molecule has 3 rings (SSSR count). The van der Waals surface area contributed by atoms with E-state index in [9.17, 15) is 18.0 Å². The molecule has 0 bridgehead atoms. The topological polar surface area (TPSA) is 59.8 Å². The normalized spacial score (nSPS) is 10.8. The monoisotopic (exact) mass is 392 g/mol. The van der Waals surface area contributed by atoms with Gasteiger partial charge in [0.2, 0.25) is 5.91 Å². The van der Waals surface area contributed by atoms with Crippen molar-refractivity contribution in [3.8, 4) is 11.4 Å². The molecular formula is C18H15F3N4OS. The number of benzene rings is 2. The van der Waals surface area contributed by atoms with E-state index in [4.69, 9.17) is 0 Å². The van der Waals surface area contributed by atoms with E-state index in [1.165, 1.54) is 0 Å². The zero-order valence-electron chi connectivity index (χ0n) is 14.2. The molecule has 0 fully saturated rings. The van der Waals surface area contributed by atoms with Gasteiger partial charge < -0.3 is 9.88 Å². The molecular weight excluding hydrogens is 377 g/mol. The van der Waals surface area contributed by atoms with Gasteiger partial charge in [-0.2, -0.15) is 0 Å². The Morgan fingerprint density at radius 3 is 2.52 bits per heavy atom. The van der Waals surface area contributed by atoms with Crippen molar-refractivity contribution in [2.75, 3.05) is 11.1 Å². The lowest BCUT2D eigenvalue weighted by Gasteiger charge is -2.08. The summed E-state index contributed by atoms with van der Waals surface area (Å²) in [7, 11) is 0. The number of hydrogen-bond donors (Lipinski definition) is 1. The molecule has 1 aromatic heterocycles. The fraction of sp³-hybridized carbons (Fsp3) is 0.167. The molecule has 0 unspecified atom stereocenters. The molecule has 27 heavy (non-hydrogen) atoms. The fourth-order valence-corrected chi connectivity index (χ4v) is 3.22. The van der Waals surface area contributed by atoms with Crippen LogP contribution in [-0.2, 0) is 11.3 Å². The number of nitrogens with one attached hydrogen (secondary N) is 1. The first-order chi connectivity index (χ1) is 13.0. The van der Waals surface area contributed by atoms with E-state index >= 15 is 0 Å². The SMILES string of the molecule is CCn1c(SCC(=O)Nc2ccc(F)c(F)c2F)nnc1-c1ccccc1. The van der Waals surface area contributed by atoms with Crippen LogP contribution < -0.4 is 5.32 Å². The molecule has 0 saturated carbocycles. The van der Waals surface area contributed by atoms with Gasteiger partial charge in [-0.1, -0.05) is 42.1 Å². The summed E-state index contributed by atoms with van der Waals surface area (Å²) in [6.07, 6.45) is 0. The molecule has 0 radical (unpaired) electrons. The number of anilines is 1. The maximum atomic E-state index is 13.6. The third-order valence-corrected chi connectivity index (χ3v) is 4.67. The quantitative estimate of drug-likeness (QED) is 0.507. The van der Waals surface area contributed by atoms with Gasteiger partial charge in [-0.05, 0) is 19.1 Å². The van der Waals surface area contributed by atoms with Crippen LogP contribution in [0.2, 0.25) is 0 Å². The average molecular weight is 392 g/mol. The van der Waals surface area contributed by atoms with E-state index in [1.807, 2.05) is 41.8 Å². The minimum absolute atomic E-state index is 0.0919. The van der Waals surface area contributed by atoms with E-state index in [0.29, 0.717) is 17.5 Å². The van der Waals surface area contributed by atoms with Crippen LogP contribution in [0.3, 0.4) is 0 Å². The van der Waals surface area contributed by atoms with Gasteiger partial charge in [-0.3, -0.25) is 4.79 Å². The summed E-state index contributed by atoms with van der Waals surface area (Å²) in [6.45, 7) is 2.52. The van der Waals surface area contributed by atoms with Crippen molar-refractivity contribution in [3.63, 3.8) is 0 Å². The van der Waals surface area contributed by atoms with E-state index < -0.39 is 29.0 Å². The van der Waals surface area contributed by atoms with Crippen molar-refractivity contribution in [2.24, 2.45) is 0 Å². The lowest BCUT2D eigenvalue weighted by molar-refractivity contribution is -0.113. The number of amides is 1. The van der Waals surface area contributed by atoms with E-state index in [1.54, 1.807) is 0 Å². The van der Waals surface area contributed by atoms with Crippen molar-refractivity contribution in [1.82, 2.24) is 14.8 Å². The predicted octanol–water partition coefficient (Wildman–Crippen LogP) is 4.11. The summed E-state index contributed by atoms with van der Waals surface area (Å²) in [6, 6.07) is 11.2. The summed E-state index contributed by atoms with van der Waals surface area (Å²) >= 11 is 1.11. The summed E-state index contributed by atoms with van der Waals surface area (Å²) in [5.74, 6) is -4.37. The minimum Gasteiger partial charge on any atom is -0.323 e. The number of thioether (sulfide) groups is 1. The summed E-state index contributed by atoms with van der Waals surface area (Å²) in [5, 5.41) is 11.0. The molecule has 0 spiro atoms. The highest BCUT2D eigenvalue weighted by molar-refractivity contribution is 7.99. The summed E-state index contributed by atoms with van der Waals surface area (Å²) in [5.41, 5.74) is 0.480. The lowest BCUT2D eigenvalue weighted by Crippen LogP contribution is -2.16. The van der Waals surface area contributed by atoms with Gasteiger partial charge in [0.15, 0.2) is 28.4 Å². The molecule has 0 aliphatic rings. The molecule has 5 nitrogen and oxygen atoms in total. The van der Waals surface area contributed by atoms with Gasteiger partial charge in [0.25, 0.3) is 0 Å². The van der Waals surface area contributed by atoms with Gasteiger partial charge >= 0.3 is 0 Å². The fourth-order valence-electron chi connectivity index (χ4n) is 2.42. The maximum Gasteiger partial charge on any atom is 0.234 e. The molecule has 3 aromatic rings. The van der Waals surface area contributed by atoms with Crippen molar-refractivity contribution in [3.05, 3.63) is 59.9 Å².